The van der Waals surface area contributed by atoms with Crippen molar-refractivity contribution in [3.05, 3.63) is 36.0 Å². The average Bonchev–Trinajstić information content (AvgIpc) is 2.96. The van der Waals surface area contributed by atoms with Crippen molar-refractivity contribution in [3.8, 4) is 0 Å². The molecule has 0 unspecified atom stereocenters. The minimum absolute atomic E-state index is 0.287. The van der Waals surface area contributed by atoms with Gasteiger partial charge >= 0.3 is 0 Å². The van der Waals surface area contributed by atoms with Crippen LogP contribution in [0.3, 0.4) is 0 Å². The highest BCUT2D eigenvalue weighted by molar-refractivity contribution is 5.82. The molecule has 1 aromatic heterocycles. The Bertz CT molecular complexity index is 790. The van der Waals surface area contributed by atoms with Crippen LogP contribution in [-0.2, 0) is 4.79 Å². The summed E-state index contributed by atoms with van der Waals surface area (Å²) in [5, 5.41) is 1.09. The Morgan fingerprint density at radius 3 is 2.48 bits per heavy atom. The van der Waals surface area contributed by atoms with Gasteiger partial charge in [0.25, 0.3) is 0 Å². The second kappa shape index (κ2) is 8.26. The summed E-state index contributed by atoms with van der Waals surface area (Å²) in [6.45, 7) is 4.34. The number of piperidine rings is 1. The van der Waals surface area contributed by atoms with Gasteiger partial charge in [-0.05, 0) is 50.9 Å². The van der Waals surface area contributed by atoms with Gasteiger partial charge in [0, 0.05) is 24.4 Å². The number of nitrogens with zero attached hydrogens (tertiary/aromatic N) is 3. The molecule has 1 aromatic carbocycles. The van der Waals surface area contributed by atoms with Crippen LogP contribution in [0.1, 0.15) is 50.1 Å². The van der Waals surface area contributed by atoms with Crippen molar-refractivity contribution in [2.24, 2.45) is 0 Å². The number of likely N-dealkylation sites (tertiary alicyclic amines) is 2. The van der Waals surface area contributed by atoms with Crippen LogP contribution in [0.2, 0.25) is 0 Å². The molecule has 2 aliphatic rings. The summed E-state index contributed by atoms with van der Waals surface area (Å²) in [6.07, 6.45) is 6.94. The van der Waals surface area contributed by atoms with Gasteiger partial charge in [0.15, 0.2) is 0 Å². The van der Waals surface area contributed by atoms with E-state index in [1.54, 1.807) is 0 Å². The lowest BCUT2D eigenvalue weighted by molar-refractivity contribution is -0.133. The minimum Gasteiger partial charge on any atom is -0.397 e. The van der Waals surface area contributed by atoms with Crippen molar-refractivity contribution in [1.82, 2.24) is 14.8 Å². The standard InChI is InChI=1S/C22H30N4O/c23-19-15-18-7-3-4-8-20(18)24-22(19)17-9-13-26(14-10-17)21(27)16-25-11-5-1-2-6-12-25/h3-4,7-8,15,17H,1-2,5-6,9-14,16,23H2. The third-order valence-corrected chi connectivity index (χ3v) is 6.08. The molecule has 2 N–H and O–H groups in total. The molecule has 3 heterocycles. The monoisotopic (exact) mass is 366 g/mol. The Labute approximate surface area is 161 Å². The number of fused-ring (bicyclic) bond motifs is 1. The number of carbonyl (C=O) groups excluding carboxylic acids is 1. The van der Waals surface area contributed by atoms with Gasteiger partial charge in [0.1, 0.15) is 0 Å². The maximum Gasteiger partial charge on any atom is 0.236 e. The number of hydrogen-bond donors (Lipinski definition) is 1. The summed E-state index contributed by atoms with van der Waals surface area (Å²) in [7, 11) is 0. The van der Waals surface area contributed by atoms with Gasteiger partial charge < -0.3 is 10.6 Å². The fourth-order valence-corrected chi connectivity index (χ4v) is 4.46. The van der Waals surface area contributed by atoms with Crippen LogP contribution in [0.15, 0.2) is 30.3 Å². The van der Waals surface area contributed by atoms with Crippen LogP contribution in [0, 0.1) is 0 Å². The quantitative estimate of drug-likeness (QED) is 0.904. The van der Waals surface area contributed by atoms with E-state index in [1.165, 1.54) is 25.7 Å². The first-order valence-corrected chi connectivity index (χ1v) is 10.4. The number of hydrogen-bond acceptors (Lipinski definition) is 4. The van der Waals surface area contributed by atoms with E-state index < -0.39 is 0 Å². The molecule has 0 spiro atoms. The van der Waals surface area contributed by atoms with Gasteiger partial charge in [0.2, 0.25) is 5.91 Å². The van der Waals surface area contributed by atoms with Crippen molar-refractivity contribution < 1.29 is 4.79 Å². The van der Waals surface area contributed by atoms with Crippen LogP contribution >= 0.6 is 0 Å². The van der Waals surface area contributed by atoms with Crippen molar-refractivity contribution in [2.75, 3.05) is 38.5 Å². The molecular weight excluding hydrogens is 336 g/mol. The SMILES string of the molecule is Nc1cc2ccccc2nc1C1CCN(C(=O)CN2CCCCCC2)CC1. The summed E-state index contributed by atoms with van der Waals surface area (Å²) in [6, 6.07) is 10.1. The predicted octanol–water partition coefficient (Wildman–Crippen LogP) is 3.40. The van der Waals surface area contributed by atoms with Gasteiger partial charge in [-0.1, -0.05) is 31.0 Å². The van der Waals surface area contributed by atoms with E-state index in [0.29, 0.717) is 12.5 Å². The number of aromatic nitrogens is 1. The van der Waals surface area contributed by atoms with Gasteiger partial charge in [-0.25, -0.2) is 0 Å². The smallest absolute Gasteiger partial charge is 0.236 e. The molecule has 27 heavy (non-hydrogen) atoms. The number of amides is 1. The van der Waals surface area contributed by atoms with Crippen LogP contribution in [0.25, 0.3) is 10.9 Å². The molecule has 144 valence electrons. The van der Waals surface area contributed by atoms with E-state index in [2.05, 4.69) is 4.90 Å². The first kappa shape index (κ1) is 18.2. The third-order valence-electron chi connectivity index (χ3n) is 6.08. The zero-order valence-electron chi connectivity index (χ0n) is 16.1. The van der Waals surface area contributed by atoms with E-state index in [4.69, 9.17) is 10.7 Å². The fraction of sp³-hybridized carbons (Fsp3) is 0.545. The van der Waals surface area contributed by atoms with E-state index >= 15 is 0 Å². The van der Waals surface area contributed by atoms with Crippen molar-refractivity contribution in [3.63, 3.8) is 0 Å². The third kappa shape index (κ3) is 4.24. The number of nitrogens with two attached hydrogens (primary N) is 1. The molecule has 2 saturated heterocycles. The Hall–Kier alpha value is -2.14. The molecule has 0 radical (unpaired) electrons. The number of pyridine rings is 1. The van der Waals surface area contributed by atoms with Gasteiger partial charge in [-0.15, -0.1) is 0 Å². The molecule has 1 amide bonds. The Kier molecular flexibility index (Phi) is 5.58. The summed E-state index contributed by atoms with van der Waals surface area (Å²) < 4.78 is 0. The molecule has 0 bridgehead atoms. The molecule has 2 fully saturated rings. The molecule has 2 aliphatic heterocycles. The summed E-state index contributed by atoms with van der Waals surface area (Å²) in [4.78, 5) is 21.9. The summed E-state index contributed by atoms with van der Waals surface area (Å²) in [5.74, 6) is 0.631. The van der Waals surface area contributed by atoms with Gasteiger partial charge in [0.05, 0.1) is 23.4 Å². The molecule has 0 aliphatic carbocycles. The molecule has 0 atom stereocenters. The highest BCUT2D eigenvalue weighted by Crippen LogP contribution is 2.32. The van der Waals surface area contributed by atoms with Crippen LogP contribution in [-0.4, -0.2) is 53.4 Å². The maximum atomic E-state index is 12.7. The van der Waals surface area contributed by atoms with Crippen molar-refractivity contribution in [1.29, 1.82) is 0 Å². The molecule has 5 nitrogen and oxygen atoms in total. The minimum atomic E-state index is 0.287. The second-order valence-electron chi connectivity index (χ2n) is 8.00. The van der Waals surface area contributed by atoms with Crippen LogP contribution < -0.4 is 5.73 Å². The van der Waals surface area contributed by atoms with E-state index in [9.17, 15) is 4.79 Å². The predicted molar refractivity (Wildman–Crippen MR) is 110 cm³/mol. The lowest BCUT2D eigenvalue weighted by Crippen LogP contribution is -2.44. The number of anilines is 1. The summed E-state index contributed by atoms with van der Waals surface area (Å²) >= 11 is 0. The first-order valence-electron chi connectivity index (χ1n) is 10.4. The summed E-state index contributed by atoms with van der Waals surface area (Å²) in [5.41, 5.74) is 9.09. The average molecular weight is 367 g/mol. The van der Waals surface area contributed by atoms with Crippen LogP contribution in [0.4, 0.5) is 5.69 Å². The molecule has 4 rings (SSSR count). The number of carbonyl (C=O) groups is 1. The van der Waals surface area contributed by atoms with Crippen molar-refractivity contribution >= 4 is 22.5 Å². The van der Waals surface area contributed by atoms with Crippen LogP contribution in [0.5, 0.6) is 0 Å². The topological polar surface area (TPSA) is 62.5 Å². The number of para-hydroxylation sites is 1. The maximum absolute atomic E-state index is 12.7. The Morgan fingerprint density at radius 2 is 1.74 bits per heavy atom. The lowest BCUT2D eigenvalue weighted by atomic mass is 9.91. The largest absolute Gasteiger partial charge is 0.397 e. The Morgan fingerprint density at radius 1 is 1.04 bits per heavy atom. The number of nitrogen functional groups attached to an aromatic ring is 1. The Balaban J connectivity index is 1.37. The molecular formula is C22H30N4O. The van der Waals surface area contributed by atoms with E-state index in [0.717, 1.165) is 61.3 Å². The second-order valence-corrected chi connectivity index (χ2v) is 8.00. The lowest BCUT2D eigenvalue weighted by Gasteiger charge is -2.33. The van der Waals surface area contributed by atoms with Crippen molar-refractivity contribution in [2.45, 2.75) is 44.4 Å². The number of benzene rings is 1. The van der Waals surface area contributed by atoms with E-state index in [-0.39, 0.29) is 5.91 Å². The highest BCUT2D eigenvalue weighted by atomic mass is 16.2. The highest BCUT2D eigenvalue weighted by Gasteiger charge is 2.27. The van der Waals surface area contributed by atoms with Gasteiger partial charge in [-0.3, -0.25) is 14.7 Å². The zero-order valence-corrected chi connectivity index (χ0v) is 16.1. The van der Waals surface area contributed by atoms with E-state index in [1.807, 2.05) is 35.2 Å². The molecule has 2 aromatic rings. The van der Waals surface area contributed by atoms with Gasteiger partial charge in [-0.2, -0.15) is 0 Å². The normalized spacial score (nSPS) is 19.9. The number of rotatable bonds is 3. The zero-order chi connectivity index (χ0) is 18.6. The molecule has 0 saturated carbocycles. The fourth-order valence-electron chi connectivity index (χ4n) is 4.46. The molecule has 5 heteroatoms. The first-order chi connectivity index (χ1) is 13.2.